The lowest BCUT2D eigenvalue weighted by Gasteiger charge is -2.21. The normalized spacial score (nSPS) is 11.2. The van der Waals surface area contributed by atoms with Crippen LogP contribution in [0.3, 0.4) is 0 Å². The zero-order valence-corrected chi connectivity index (χ0v) is 48.1. The van der Waals surface area contributed by atoms with Crippen molar-refractivity contribution in [1.29, 1.82) is 0 Å². The highest BCUT2D eigenvalue weighted by molar-refractivity contribution is 8.00. The first-order valence-corrected chi connectivity index (χ1v) is 32.7. The second-order valence-electron chi connectivity index (χ2n) is 21.3. The van der Waals surface area contributed by atoms with Crippen LogP contribution in [-0.2, 0) is 0 Å². The zero-order chi connectivity index (χ0) is 47.1. The SMILES string of the molecule is BBBBBBBBBBCCCC(C)SC(C)CCCBBBBBBBBBB.BBBBBBBBBBCCCC(CC)SC(CC)CCCBBBBBBBBBB. The van der Waals surface area contributed by atoms with E-state index in [4.69, 9.17) is 0 Å². The Kier molecular flexibility index (Phi) is 67.7. The molecule has 42 heteroatoms. The minimum absolute atomic E-state index is 0.862. The van der Waals surface area contributed by atoms with Gasteiger partial charge >= 0.3 is 0 Å². The minimum Gasteiger partial charge on any atom is -0.156 e. The molecule has 0 aliphatic heterocycles. The Labute approximate surface area is 443 Å². The molecule has 4 unspecified atom stereocenters. The molecule has 0 nitrogen and oxygen atoms in total. The molecule has 0 rings (SSSR count). The number of hydrogen-bond acceptors (Lipinski definition) is 2. The molecule has 0 bridgehead atoms. The molecule has 0 aromatic heterocycles. The summed E-state index contributed by atoms with van der Waals surface area (Å²) in [6.45, 7) is 9.78. The summed E-state index contributed by atoms with van der Waals surface area (Å²) >= 11 is 4.61. The topological polar surface area (TPSA) is 0 Å². The van der Waals surface area contributed by atoms with Gasteiger partial charge in [0.05, 0.1) is 59.6 Å². The third-order valence-corrected chi connectivity index (χ3v) is 17.8. The fourth-order valence-corrected chi connectivity index (χ4v) is 12.7. The summed E-state index contributed by atoms with van der Waals surface area (Å²) in [6, 6.07) is 0. The summed E-state index contributed by atoms with van der Waals surface area (Å²) in [6.07, 6.45) is 20.3. The highest BCUT2D eigenvalue weighted by Gasteiger charge is 2.15. The molecule has 0 saturated heterocycles. The van der Waals surface area contributed by atoms with E-state index in [2.05, 4.69) is 82.2 Å². The van der Waals surface area contributed by atoms with Crippen molar-refractivity contribution in [2.75, 3.05) is 0 Å². The van der Waals surface area contributed by atoms with Crippen LogP contribution in [0.15, 0.2) is 0 Å². The summed E-state index contributed by atoms with van der Waals surface area (Å²) in [7, 11) is 61.8. The number of hydrogen-bond donors (Lipinski definition) is 0. The Morgan fingerprint density at radius 3 is 0.750 bits per heavy atom. The van der Waals surface area contributed by atoms with Gasteiger partial charge in [0.15, 0.2) is 0 Å². The molecular weight excluding hydrogens is 761 g/mol. The number of rotatable bonds is 54. The Morgan fingerprint density at radius 1 is 0.297 bits per heavy atom. The number of thioether (sulfide) groups is 2. The molecule has 0 spiro atoms. The van der Waals surface area contributed by atoms with Crippen LogP contribution in [0.5, 0.6) is 0 Å². The van der Waals surface area contributed by atoms with E-state index in [1.807, 2.05) is 0 Å². The van der Waals surface area contributed by atoms with Crippen LogP contribution in [0, 0.1) is 0 Å². The van der Waals surface area contributed by atoms with Crippen molar-refractivity contribution < 1.29 is 0 Å². The first-order valence-electron chi connectivity index (χ1n) is 30.8. The predicted octanol–water partition coefficient (Wildman–Crippen LogP) is -18.2. The fraction of sp³-hybridized carbons (Fsp3) is 1.00. The van der Waals surface area contributed by atoms with Crippen LogP contribution in [0.2, 0.25) is 25.3 Å². The van der Waals surface area contributed by atoms with Gasteiger partial charge in [-0.3, -0.25) is 0 Å². The molecule has 0 aliphatic rings. The summed E-state index contributed by atoms with van der Waals surface area (Å²) in [4.78, 5) is 0. The van der Waals surface area contributed by atoms with Gasteiger partial charge in [-0.25, -0.2) is 0 Å². The van der Waals surface area contributed by atoms with Crippen molar-refractivity contribution in [3.05, 3.63) is 0 Å². The van der Waals surface area contributed by atoms with Crippen molar-refractivity contribution in [2.24, 2.45) is 0 Å². The average molecular weight is 850 g/mol. The lowest BCUT2D eigenvalue weighted by Crippen LogP contribution is -2.31. The van der Waals surface area contributed by atoms with Gasteiger partial charge in [0.1, 0.15) is 0 Å². The van der Waals surface area contributed by atoms with Crippen molar-refractivity contribution in [3.8, 4) is 0 Å². The molecule has 64 heavy (non-hydrogen) atoms. The standard InChI is InChI=1S/C12H46B20S.C10H42B20S/c1-3-11(7-5-9-15-19-23-27-31-29-25-21-17-13)33-12(4-2)8-6-10-16-20-24-28-32-30-26-22-18-14;1-9(5-3-7-13-17-21-25-29-27-23-19-15-11)31-10(2)6-4-8-14-18-22-26-30-28-24-20-16-12/h11-12,15-32H,3-10,13-14H2,1-2H3;9-10,13-30H,3-8,11-12H2,1-2H3. The summed E-state index contributed by atoms with van der Waals surface area (Å²) in [5.41, 5.74) is 0. The highest BCUT2D eigenvalue weighted by atomic mass is 32.2. The van der Waals surface area contributed by atoms with Gasteiger partial charge in [-0.2, -0.15) is 23.5 Å². The summed E-state index contributed by atoms with van der Waals surface area (Å²) in [5.74, 6) is 0. The van der Waals surface area contributed by atoms with E-state index in [0.29, 0.717) is 0 Å². The van der Waals surface area contributed by atoms with Crippen molar-refractivity contribution in [1.82, 2.24) is 0 Å². The van der Waals surface area contributed by atoms with Crippen molar-refractivity contribution in [3.63, 3.8) is 0 Å². The monoisotopic (exact) mass is 857 g/mol. The Morgan fingerprint density at radius 2 is 0.516 bits per heavy atom. The van der Waals surface area contributed by atoms with Crippen LogP contribution in [0.1, 0.15) is 91.9 Å². The largest absolute Gasteiger partial charge is 0.156 e. The molecule has 0 aromatic carbocycles. The maximum Gasteiger partial charge on any atom is 0.0776 e. The van der Waals surface area contributed by atoms with E-state index >= 15 is 0 Å². The van der Waals surface area contributed by atoms with E-state index < -0.39 is 0 Å². The third-order valence-electron chi connectivity index (χ3n) is 14.4. The van der Waals surface area contributed by atoms with Crippen molar-refractivity contribution in [2.45, 2.75) is 138 Å². The van der Waals surface area contributed by atoms with Gasteiger partial charge in [-0.05, 0) is 38.5 Å². The molecule has 0 N–H and O–H groups in total. The second kappa shape index (κ2) is 62.4. The lowest BCUT2D eigenvalue weighted by molar-refractivity contribution is 0.684. The fourth-order valence-electron chi connectivity index (χ4n) is 9.81. The van der Waals surface area contributed by atoms with E-state index in [0.717, 1.165) is 21.0 Å². The van der Waals surface area contributed by atoms with Crippen molar-refractivity contribution >= 4 is 309 Å². The molecule has 0 aromatic rings. The predicted molar refractivity (Wildman–Crippen MR) is 410 cm³/mol. The molecule has 4 atom stereocenters. The molecule has 0 amide bonds. The molecule has 0 aliphatic carbocycles. The second-order valence-corrected chi connectivity index (χ2v) is 24.7. The van der Waals surface area contributed by atoms with Gasteiger partial charge in [-0.1, -0.05) is 78.7 Å². The Hall–Kier alpha value is 3.30. The molecule has 308 valence electrons. The van der Waals surface area contributed by atoms with Gasteiger partial charge in [0, 0.05) is 247 Å². The maximum atomic E-state index is 2.47. The van der Waals surface area contributed by atoms with E-state index in [1.54, 1.807) is 0 Å². The molecule has 0 radical (unpaired) electrons. The summed E-state index contributed by atoms with van der Waals surface area (Å²) < 4.78 is 0. The van der Waals surface area contributed by atoms with Gasteiger partial charge in [0.25, 0.3) is 0 Å². The first kappa shape index (κ1) is 69.4. The van der Waals surface area contributed by atoms with E-state index in [9.17, 15) is 0 Å². The van der Waals surface area contributed by atoms with Crippen LogP contribution in [0.4, 0.5) is 0 Å². The maximum absolute atomic E-state index is 2.47. The lowest BCUT2D eigenvalue weighted by atomic mass is 8.89. The van der Waals surface area contributed by atoms with E-state index in [-0.39, 0.29) is 0 Å². The summed E-state index contributed by atoms with van der Waals surface area (Å²) in [5, 5.41) is 3.56. The smallest absolute Gasteiger partial charge is 0.0776 e. The van der Waals surface area contributed by atoms with Crippen LogP contribution in [0.25, 0.3) is 0 Å². The zero-order valence-electron chi connectivity index (χ0n) is 46.5. The van der Waals surface area contributed by atoms with Crippen LogP contribution in [-0.4, -0.2) is 307 Å². The van der Waals surface area contributed by atoms with Gasteiger partial charge in [-0.15, -0.1) is 0 Å². The average Bonchev–Trinajstić information content (AvgIpc) is 3.30. The first-order chi connectivity index (χ1) is 31.5. The van der Waals surface area contributed by atoms with Gasteiger partial charge < -0.3 is 0 Å². The van der Waals surface area contributed by atoms with Crippen LogP contribution < -0.4 is 0 Å². The van der Waals surface area contributed by atoms with Gasteiger partial charge in [0.2, 0.25) is 0 Å². The quantitative estimate of drug-likeness (QED) is 0.0442. The Bertz CT molecular complexity index is 777. The van der Waals surface area contributed by atoms with E-state index in [1.165, 1.54) is 344 Å². The molecule has 0 fully saturated rings. The Balaban J connectivity index is 0. The minimum atomic E-state index is 0.862. The molecule has 0 heterocycles. The molecular formula is C22H88B40S2. The van der Waals surface area contributed by atoms with Crippen LogP contribution >= 0.6 is 23.5 Å². The third kappa shape index (κ3) is 59.6. The highest BCUT2D eigenvalue weighted by Crippen LogP contribution is 2.30. The molecule has 0 saturated carbocycles.